The maximum atomic E-state index is 11.2. The first-order valence-corrected chi connectivity index (χ1v) is 15.2. The Morgan fingerprint density at radius 2 is 1.39 bits per heavy atom. The standard InChI is InChI=1S/C17H35N3O3.C13H20N2O3/c1-2-3-4-9-19-11-13-20(14-12-19)10-5-7-18-8-6-17(22)23-16-15-21;14-9-11-2-1-3-12(8-11)10-15-5-4-13(17)18-7-6-16/h18,21H,2-16H2,1H3;1-3,8,15-16H,4-7,9-10,14H2. The van der Waals surface area contributed by atoms with Crippen LogP contribution < -0.4 is 16.4 Å². The summed E-state index contributed by atoms with van der Waals surface area (Å²) in [6.45, 7) is 12.7. The van der Waals surface area contributed by atoms with Gasteiger partial charge >= 0.3 is 11.9 Å². The molecule has 0 bridgehead atoms. The molecule has 1 saturated heterocycles. The summed E-state index contributed by atoms with van der Waals surface area (Å²) in [6, 6.07) is 8.00. The van der Waals surface area contributed by atoms with E-state index in [-0.39, 0.29) is 38.4 Å². The van der Waals surface area contributed by atoms with E-state index in [0.29, 0.717) is 39.0 Å². The summed E-state index contributed by atoms with van der Waals surface area (Å²) in [5.41, 5.74) is 7.79. The topological polar surface area (TPSA) is 150 Å². The highest BCUT2D eigenvalue weighted by molar-refractivity contribution is 5.69. The summed E-state index contributed by atoms with van der Waals surface area (Å²) in [5, 5.41) is 23.5. The second-order valence-electron chi connectivity index (χ2n) is 10.1. The molecular formula is C30H55N5O6. The van der Waals surface area contributed by atoms with Crippen LogP contribution in [0.3, 0.4) is 0 Å². The van der Waals surface area contributed by atoms with Gasteiger partial charge in [0.05, 0.1) is 26.1 Å². The second-order valence-corrected chi connectivity index (χ2v) is 10.1. The number of aliphatic hydroxyl groups excluding tert-OH is 2. The zero-order chi connectivity index (χ0) is 30.0. The Morgan fingerprint density at radius 1 is 0.829 bits per heavy atom. The van der Waals surface area contributed by atoms with Crippen LogP contribution in [0.15, 0.2) is 24.3 Å². The van der Waals surface area contributed by atoms with Gasteiger partial charge in [-0.25, -0.2) is 0 Å². The molecule has 0 aliphatic carbocycles. The van der Waals surface area contributed by atoms with E-state index in [1.165, 1.54) is 52.0 Å². The Labute approximate surface area is 246 Å². The van der Waals surface area contributed by atoms with Gasteiger partial charge in [0.15, 0.2) is 0 Å². The molecule has 6 N–H and O–H groups in total. The fraction of sp³-hybridized carbons (Fsp3) is 0.733. The van der Waals surface area contributed by atoms with Crippen molar-refractivity contribution in [1.29, 1.82) is 0 Å². The van der Waals surface area contributed by atoms with Crippen LogP contribution in [0.2, 0.25) is 0 Å². The highest BCUT2D eigenvalue weighted by Crippen LogP contribution is 2.05. The van der Waals surface area contributed by atoms with Crippen molar-refractivity contribution in [3.63, 3.8) is 0 Å². The van der Waals surface area contributed by atoms with Crippen molar-refractivity contribution >= 4 is 11.9 Å². The van der Waals surface area contributed by atoms with E-state index in [1.807, 2.05) is 24.3 Å². The molecule has 1 aromatic carbocycles. The summed E-state index contributed by atoms with van der Waals surface area (Å²) in [6.07, 6.45) is 5.77. The predicted molar refractivity (Wildman–Crippen MR) is 161 cm³/mol. The lowest BCUT2D eigenvalue weighted by Crippen LogP contribution is -2.47. The average Bonchev–Trinajstić information content (AvgIpc) is 3.00. The van der Waals surface area contributed by atoms with E-state index in [9.17, 15) is 9.59 Å². The Bertz CT molecular complexity index is 792. The zero-order valence-electron chi connectivity index (χ0n) is 25.2. The number of nitrogens with two attached hydrogens (primary N) is 1. The van der Waals surface area contributed by atoms with Crippen LogP contribution in [0.5, 0.6) is 0 Å². The van der Waals surface area contributed by atoms with Gasteiger partial charge in [-0.2, -0.15) is 0 Å². The lowest BCUT2D eigenvalue weighted by molar-refractivity contribution is -0.145. The average molecular weight is 582 g/mol. The highest BCUT2D eigenvalue weighted by atomic mass is 16.5. The van der Waals surface area contributed by atoms with E-state index in [1.54, 1.807) is 0 Å². The Hall–Kier alpha value is -2.12. The summed E-state index contributed by atoms with van der Waals surface area (Å²) in [5.74, 6) is -0.544. The summed E-state index contributed by atoms with van der Waals surface area (Å²) in [4.78, 5) is 27.5. The van der Waals surface area contributed by atoms with Gasteiger partial charge in [0.1, 0.15) is 13.2 Å². The molecule has 236 valence electrons. The van der Waals surface area contributed by atoms with Crippen molar-refractivity contribution in [2.45, 2.75) is 58.5 Å². The number of aliphatic hydroxyl groups is 2. The van der Waals surface area contributed by atoms with Crippen molar-refractivity contribution in [1.82, 2.24) is 20.4 Å². The number of rotatable bonds is 21. The maximum absolute atomic E-state index is 11.2. The molecule has 1 aliphatic rings. The molecule has 0 spiro atoms. The molecule has 11 nitrogen and oxygen atoms in total. The van der Waals surface area contributed by atoms with Gasteiger partial charge in [0, 0.05) is 52.4 Å². The summed E-state index contributed by atoms with van der Waals surface area (Å²) >= 11 is 0. The van der Waals surface area contributed by atoms with E-state index in [4.69, 9.17) is 25.4 Å². The number of esters is 2. The third-order valence-electron chi connectivity index (χ3n) is 6.65. The molecule has 2 rings (SSSR count). The van der Waals surface area contributed by atoms with Crippen LogP contribution >= 0.6 is 0 Å². The minimum absolute atomic E-state index is 0.0668. The molecule has 0 amide bonds. The minimum atomic E-state index is -0.299. The van der Waals surface area contributed by atoms with Gasteiger partial charge in [-0.15, -0.1) is 0 Å². The van der Waals surface area contributed by atoms with Crippen molar-refractivity contribution < 1.29 is 29.3 Å². The number of carbonyl (C=O) groups excluding carboxylic acids is 2. The number of benzene rings is 1. The second kappa shape index (κ2) is 25.6. The molecule has 0 unspecified atom stereocenters. The van der Waals surface area contributed by atoms with Gasteiger partial charge in [0.2, 0.25) is 0 Å². The van der Waals surface area contributed by atoms with Crippen LogP contribution in [0.1, 0.15) is 56.6 Å². The number of nitrogens with zero attached hydrogens (tertiary/aromatic N) is 2. The van der Waals surface area contributed by atoms with Crippen molar-refractivity contribution in [2.24, 2.45) is 5.73 Å². The normalized spacial score (nSPS) is 13.9. The molecule has 1 heterocycles. The van der Waals surface area contributed by atoms with E-state index in [2.05, 4.69) is 27.4 Å². The molecule has 0 radical (unpaired) electrons. The maximum Gasteiger partial charge on any atom is 0.307 e. The number of carbonyl (C=O) groups is 2. The molecule has 0 saturated carbocycles. The highest BCUT2D eigenvalue weighted by Gasteiger charge is 2.15. The fourth-order valence-corrected chi connectivity index (χ4v) is 4.32. The SMILES string of the molecule is CCCCCN1CCN(CCCNCCC(=O)OCCO)CC1.NCc1cccc(CNCCC(=O)OCCO)c1. The third-order valence-corrected chi connectivity index (χ3v) is 6.65. The minimum Gasteiger partial charge on any atom is -0.463 e. The molecule has 0 aromatic heterocycles. The predicted octanol–water partition coefficient (Wildman–Crippen LogP) is 0.860. The van der Waals surface area contributed by atoms with Gasteiger partial charge < -0.3 is 45.9 Å². The first-order valence-electron chi connectivity index (χ1n) is 15.2. The third kappa shape index (κ3) is 20.4. The van der Waals surface area contributed by atoms with Crippen LogP contribution in [-0.2, 0) is 32.2 Å². The largest absolute Gasteiger partial charge is 0.463 e. The first kappa shape index (κ1) is 36.9. The molecule has 1 aromatic rings. The van der Waals surface area contributed by atoms with Crippen LogP contribution in [0.4, 0.5) is 0 Å². The van der Waals surface area contributed by atoms with Crippen LogP contribution in [-0.4, -0.2) is 117 Å². The van der Waals surface area contributed by atoms with Gasteiger partial charge in [-0.1, -0.05) is 44.0 Å². The number of nitrogens with one attached hydrogen (secondary N) is 2. The number of piperazine rings is 1. The van der Waals surface area contributed by atoms with E-state index in [0.717, 1.165) is 30.6 Å². The molecule has 1 fully saturated rings. The number of ether oxygens (including phenoxy) is 2. The number of hydrogen-bond donors (Lipinski definition) is 5. The van der Waals surface area contributed by atoms with Crippen molar-refractivity contribution in [3.05, 3.63) is 35.4 Å². The summed E-state index contributed by atoms with van der Waals surface area (Å²) in [7, 11) is 0. The van der Waals surface area contributed by atoms with E-state index < -0.39 is 0 Å². The lowest BCUT2D eigenvalue weighted by atomic mass is 10.1. The Morgan fingerprint density at radius 3 is 1.95 bits per heavy atom. The Balaban J connectivity index is 0.000000422. The zero-order valence-corrected chi connectivity index (χ0v) is 25.2. The molecule has 11 heteroatoms. The first-order chi connectivity index (χ1) is 20.0. The Kier molecular flexibility index (Phi) is 23.0. The number of hydrogen-bond acceptors (Lipinski definition) is 11. The summed E-state index contributed by atoms with van der Waals surface area (Å²) < 4.78 is 9.53. The van der Waals surface area contributed by atoms with Gasteiger partial charge in [0.25, 0.3) is 0 Å². The van der Waals surface area contributed by atoms with Gasteiger partial charge in [-0.3, -0.25) is 9.59 Å². The molecule has 1 aliphatic heterocycles. The number of unbranched alkanes of at least 4 members (excludes halogenated alkanes) is 2. The van der Waals surface area contributed by atoms with Crippen LogP contribution in [0.25, 0.3) is 0 Å². The monoisotopic (exact) mass is 581 g/mol. The fourth-order valence-electron chi connectivity index (χ4n) is 4.32. The molecular weight excluding hydrogens is 526 g/mol. The van der Waals surface area contributed by atoms with Crippen molar-refractivity contribution in [2.75, 3.05) is 85.3 Å². The van der Waals surface area contributed by atoms with Gasteiger partial charge in [-0.05, 0) is 43.6 Å². The quantitative estimate of drug-likeness (QED) is 0.104. The molecule has 41 heavy (non-hydrogen) atoms. The molecule has 0 atom stereocenters. The van der Waals surface area contributed by atoms with Crippen LogP contribution in [0, 0.1) is 0 Å². The smallest absolute Gasteiger partial charge is 0.307 e. The van der Waals surface area contributed by atoms with E-state index >= 15 is 0 Å². The van der Waals surface area contributed by atoms with Crippen molar-refractivity contribution in [3.8, 4) is 0 Å². The lowest BCUT2D eigenvalue weighted by Gasteiger charge is -2.34.